The van der Waals surface area contributed by atoms with Crippen LogP contribution in [0.2, 0.25) is 0 Å². The van der Waals surface area contributed by atoms with Crippen LogP contribution in [0.1, 0.15) is 30.9 Å². The van der Waals surface area contributed by atoms with Crippen LogP contribution in [-0.2, 0) is 4.74 Å². The van der Waals surface area contributed by atoms with Gasteiger partial charge in [0, 0.05) is 11.1 Å². The van der Waals surface area contributed by atoms with E-state index in [-0.39, 0.29) is 12.1 Å². The SMILES string of the molecule is CNC(c1cc(OC)c(OC)cc1Br)C1CCCCO1. The molecule has 2 atom stereocenters. The van der Waals surface area contributed by atoms with Crippen LogP contribution >= 0.6 is 15.9 Å². The number of likely N-dealkylation sites (N-methyl/N-ethyl adjacent to an activating group) is 1. The van der Waals surface area contributed by atoms with Gasteiger partial charge < -0.3 is 19.5 Å². The van der Waals surface area contributed by atoms with Crippen molar-refractivity contribution in [3.63, 3.8) is 0 Å². The fourth-order valence-corrected chi connectivity index (χ4v) is 3.25. The summed E-state index contributed by atoms with van der Waals surface area (Å²) < 4.78 is 17.6. The van der Waals surface area contributed by atoms with Gasteiger partial charge in [0.25, 0.3) is 0 Å². The molecule has 1 aliphatic heterocycles. The Hall–Kier alpha value is -0.780. The van der Waals surface area contributed by atoms with E-state index < -0.39 is 0 Å². The van der Waals surface area contributed by atoms with Crippen molar-refractivity contribution in [2.45, 2.75) is 31.4 Å². The Labute approximate surface area is 128 Å². The monoisotopic (exact) mass is 343 g/mol. The third-order valence-electron chi connectivity index (χ3n) is 3.74. The van der Waals surface area contributed by atoms with Crippen LogP contribution in [0.15, 0.2) is 16.6 Å². The van der Waals surface area contributed by atoms with E-state index in [9.17, 15) is 0 Å². The molecule has 1 aromatic carbocycles. The average Bonchev–Trinajstić information content (AvgIpc) is 2.50. The maximum absolute atomic E-state index is 5.92. The lowest BCUT2D eigenvalue weighted by Crippen LogP contribution is -2.34. The van der Waals surface area contributed by atoms with Gasteiger partial charge in [-0.2, -0.15) is 0 Å². The summed E-state index contributed by atoms with van der Waals surface area (Å²) in [6.07, 6.45) is 3.64. The van der Waals surface area contributed by atoms with Crippen molar-refractivity contribution in [1.29, 1.82) is 0 Å². The quantitative estimate of drug-likeness (QED) is 0.890. The van der Waals surface area contributed by atoms with Gasteiger partial charge in [0.2, 0.25) is 0 Å². The fourth-order valence-electron chi connectivity index (χ4n) is 2.68. The van der Waals surface area contributed by atoms with Crippen molar-refractivity contribution in [1.82, 2.24) is 5.32 Å². The highest BCUT2D eigenvalue weighted by Gasteiger charge is 2.27. The van der Waals surface area contributed by atoms with Crippen molar-refractivity contribution < 1.29 is 14.2 Å². The van der Waals surface area contributed by atoms with E-state index in [1.807, 2.05) is 19.2 Å². The van der Waals surface area contributed by atoms with E-state index in [2.05, 4.69) is 21.2 Å². The van der Waals surface area contributed by atoms with Crippen molar-refractivity contribution in [3.8, 4) is 11.5 Å². The van der Waals surface area contributed by atoms with E-state index in [0.29, 0.717) is 0 Å². The molecule has 0 aliphatic carbocycles. The summed E-state index contributed by atoms with van der Waals surface area (Å²) in [6.45, 7) is 0.841. The molecule has 112 valence electrons. The molecule has 20 heavy (non-hydrogen) atoms. The molecule has 4 nitrogen and oxygen atoms in total. The molecule has 1 heterocycles. The minimum atomic E-state index is 0.143. The van der Waals surface area contributed by atoms with Crippen molar-refractivity contribution in [3.05, 3.63) is 22.2 Å². The number of ether oxygens (including phenoxy) is 3. The highest BCUT2D eigenvalue weighted by atomic mass is 79.9. The standard InChI is InChI=1S/C15H22BrNO3/c1-17-15(12-6-4-5-7-20-12)10-8-13(18-2)14(19-3)9-11(10)16/h8-9,12,15,17H,4-7H2,1-3H3. The number of benzene rings is 1. The van der Waals surface area contributed by atoms with Gasteiger partial charge in [-0.25, -0.2) is 0 Å². The fraction of sp³-hybridized carbons (Fsp3) is 0.600. The van der Waals surface area contributed by atoms with E-state index >= 15 is 0 Å². The highest BCUT2D eigenvalue weighted by molar-refractivity contribution is 9.10. The lowest BCUT2D eigenvalue weighted by Gasteiger charge is -2.31. The first kappa shape index (κ1) is 15.6. The Morgan fingerprint density at radius 3 is 2.50 bits per heavy atom. The summed E-state index contributed by atoms with van der Waals surface area (Å²) in [5, 5.41) is 3.37. The number of halogens is 1. The summed E-state index contributed by atoms with van der Waals surface area (Å²) in [5.74, 6) is 1.46. The Kier molecular flexibility index (Phi) is 5.69. The molecular formula is C15H22BrNO3. The average molecular weight is 344 g/mol. The van der Waals surface area contributed by atoms with Gasteiger partial charge in [-0.15, -0.1) is 0 Å². The molecule has 0 radical (unpaired) electrons. The van der Waals surface area contributed by atoms with Crippen molar-refractivity contribution in [2.75, 3.05) is 27.9 Å². The topological polar surface area (TPSA) is 39.7 Å². The summed E-state index contributed by atoms with van der Waals surface area (Å²) >= 11 is 3.63. The molecule has 1 fully saturated rings. The van der Waals surface area contributed by atoms with Crippen LogP contribution < -0.4 is 14.8 Å². The zero-order valence-electron chi connectivity index (χ0n) is 12.2. The molecule has 0 spiro atoms. The van der Waals surface area contributed by atoms with Gasteiger partial charge in [0.05, 0.1) is 26.4 Å². The normalized spacial score (nSPS) is 20.5. The first-order valence-corrected chi connectivity index (χ1v) is 7.70. The molecule has 1 aromatic rings. The van der Waals surface area contributed by atoms with Crippen LogP contribution in [0.4, 0.5) is 0 Å². The molecular weight excluding hydrogens is 322 g/mol. The van der Waals surface area contributed by atoms with E-state index in [1.165, 1.54) is 6.42 Å². The molecule has 0 aromatic heterocycles. The number of methoxy groups -OCH3 is 2. The number of hydrogen-bond acceptors (Lipinski definition) is 4. The van der Waals surface area contributed by atoms with Gasteiger partial charge in [-0.05, 0) is 44.0 Å². The van der Waals surface area contributed by atoms with Gasteiger partial charge in [-0.1, -0.05) is 15.9 Å². The van der Waals surface area contributed by atoms with Gasteiger partial charge in [0.15, 0.2) is 11.5 Å². The molecule has 2 rings (SSSR count). The molecule has 1 N–H and O–H groups in total. The molecule has 0 bridgehead atoms. The second-order valence-electron chi connectivity index (χ2n) is 4.90. The van der Waals surface area contributed by atoms with Crippen LogP contribution in [0.25, 0.3) is 0 Å². The minimum absolute atomic E-state index is 0.143. The first-order valence-electron chi connectivity index (χ1n) is 6.91. The molecule has 0 amide bonds. The van der Waals surface area contributed by atoms with Crippen molar-refractivity contribution >= 4 is 15.9 Å². The number of nitrogens with one attached hydrogen (secondary N) is 1. The lowest BCUT2D eigenvalue weighted by atomic mass is 9.95. The minimum Gasteiger partial charge on any atom is -0.493 e. The van der Waals surface area contributed by atoms with Gasteiger partial charge >= 0.3 is 0 Å². The Morgan fingerprint density at radius 1 is 1.25 bits per heavy atom. The first-order chi connectivity index (χ1) is 9.71. The third kappa shape index (κ3) is 3.27. The summed E-state index contributed by atoms with van der Waals surface area (Å²) in [5.41, 5.74) is 1.14. The maximum Gasteiger partial charge on any atom is 0.161 e. The van der Waals surface area contributed by atoms with E-state index in [4.69, 9.17) is 14.2 Å². The zero-order chi connectivity index (χ0) is 14.5. The van der Waals surface area contributed by atoms with Crippen LogP contribution in [0, 0.1) is 0 Å². The zero-order valence-corrected chi connectivity index (χ0v) is 13.8. The Balaban J connectivity index is 2.33. The van der Waals surface area contributed by atoms with E-state index in [1.54, 1.807) is 14.2 Å². The molecule has 1 aliphatic rings. The second-order valence-corrected chi connectivity index (χ2v) is 5.75. The summed E-state index contributed by atoms with van der Waals surface area (Å²) in [7, 11) is 5.26. The smallest absolute Gasteiger partial charge is 0.161 e. The van der Waals surface area contributed by atoms with Crippen LogP contribution in [-0.4, -0.2) is 34.0 Å². The lowest BCUT2D eigenvalue weighted by molar-refractivity contribution is -0.00680. The number of hydrogen-bond donors (Lipinski definition) is 1. The number of rotatable bonds is 5. The largest absolute Gasteiger partial charge is 0.493 e. The summed E-state index contributed by atoms with van der Waals surface area (Å²) in [6, 6.07) is 4.10. The molecule has 0 saturated carbocycles. The maximum atomic E-state index is 5.92. The van der Waals surface area contributed by atoms with Gasteiger partial charge in [0.1, 0.15) is 0 Å². The Morgan fingerprint density at radius 2 is 1.95 bits per heavy atom. The second kappa shape index (κ2) is 7.29. The Bertz CT molecular complexity index is 447. The predicted molar refractivity (Wildman–Crippen MR) is 82.6 cm³/mol. The summed E-state index contributed by atoms with van der Waals surface area (Å²) in [4.78, 5) is 0. The molecule has 5 heteroatoms. The van der Waals surface area contributed by atoms with Crippen LogP contribution in [0.5, 0.6) is 11.5 Å². The predicted octanol–water partition coefficient (Wildman–Crippen LogP) is 3.30. The van der Waals surface area contributed by atoms with E-state index in [0.717, 1.165) is 41.0 Å². The highest BCUT2D eigenvalue weighted by Crippen LogP contribution is 2.38. The third-order valence-corrected chi connectivity index (χ3v) is 4.42. The van der Waals surface area contributed by atoms with Gasteiger partial charge in [-0.3, -0.25) is 0 Å². The van der Waals surface area contributed by atoms with Crippen molar-refractivity contribution in [2.24, 2.45) is 0 Å². The molecule has 2 unspecified atom stereocenters. The van der Waals surface area contributed by atoms with Crippen LogP contribution in [0.3, 0.4) is 0 Å². The molecule has 1 saturated heterocycles.